The number of piperidine rings is 1. The van der Waals surface area contributed by atoms with Crippen LogP contribution in [0.1, 0.15) is 30.1 Å². The molecule has 2 rings (SSSR count). The van der Waals surface area contributed by atoms with Crippen LogP contribution in [0.25, 0.3) is 0 Å². The van der Waals surface area contributed by atoms with E-state index in [2.05, 4.69) is 22.9 Å². The van der Waals surface area contributed by atoms with Crippen molar-refractivity contribution in [2.24, 2.45) is 5.92 Å². The van der Waals surface area contributed by atoms with Gasteiger partial charge in [-0.05, 0) is 46.8 Å². The van der Waals surface area contributed by atoms with Crippen molar-refractivity contribution < 1.29 is 9.18 Å². The summed E-state index contributed by atoms with van der Waals surface area (Å²) in [5.41, 5.74) is 0.161. The van der Waals surface area contributed by atoms with Gasteiger partial charge in [0.05, 0.1) is 10.0 Å². The van der Waals surface area contributed by atoms with E-state index in [1.165, 1.54) is 0 Å². The molecule has 0 N–H and O–H groups in total. The average molecular weight is 300 g/mol. The first-order valence-electron chi connectivity index (χ1n) is 5.83. The van der Waals surface area contributed by atoms with Gasteiger partial charge in [-0.2, -0.15) is 0 Å². The lowest BCUT2D eigenvalue weighted by Gasteiger charge is -2.31. The van der Waals surface area contributed by atoms with Crippen LogP contribution in [0, 0.1) is 11.7 Å². The van der Waals surface area contributed by atoms with Crippen LogP contribution in [0.2, 0.25) is 0 Å². The molecule has 17 heavy (non-hydrogen) atoms. The molecule has 1 fully saturated rings. The summed E-state index contributed by atoms with van der Waals surface area (Å²) in [4.78, 5) is 13.9. The van der Waals surface area contributed by atoms with Gasteiger partial charge < -0.3 is 4.90 Å². The normalized spacial score (nSPS) is 20.4. The Morgan fingerprint density at radius 1 is 1.53 bits per heavy atom. The third-order valence-corrected chi connectivity index (χ3v) is 3.74. The largest absolute Gasteiger partial charge is 0.338 e. The molecule has 92 valence electrons. The van der Waals surface area contributed by atoms with E-state index in [1.807, 2.05) is 0 Å². The number of carbonyl (C=O) groups is 1. The van der Waals surface area contributed by atoms with E-state index >= 15 is 0 Å². The molecule has 1 aliphatic heterocycles. The Bertz CT molecular complexity index is 435. The molecule has 1 aromatic rings. The van der Waals surface area contributed by atoms with Crippen LogP contribution >= 0.6 is 15.9 Å². The van der Waals surface area contributed by atoms with E-state index in [-0.39, 0.29) is 11.5 Å². The maximum Gasteiger partial charge on any atom is 0.256 e. The van der Waals surface area contributed by atoms with Gasteiger partial charge in [-0.3, -0.25) is 4.79 Å². The Morgan fingerprint density at radius 2 is 2.29 bits per heavy atom. The number of carbonyl (C=O) groups excluding carboxylic acids is 1. The highest BCUT2D eigenvalue weighted by atomic mass is 79.9. The highest BCUT2D eigenvalue weighted by Crippen LogP contribution is 2.22. The maximum absolute atomic E-state index is 13.8. The maximum atomic E-state index is 13.8. The number of nitrogens with zero attached hydrogens (tertiary/aromatic N) is 1. The number of halogens is 2. The summed E-state index contributed by atoms with van der Waals surface area (Å²) in [7, 11) is 0. The third-order valence-electron chi connectivity index (χ3n) is 3.13. The summed E-state index contributed by atoms with van der Waals surface area (Å²) < 4.78 is 14.2. The standard InChI is InChI=1S/C13H15BrFNO/c1-9-4-3-7-16(8-9)13(17)10-5-2-6-11(14)12(10)15/h2,5-6,9H,3-4,7-8H2,1H3. The van der Waals surface area contributed by atoms with Crippen molar-refractivity contribution in [3.63, 3.8) is 0 Å². The van der Waals surface area contributed by atoms with Crippen molar-refractivity contribution in [2.75, 3.05) is 13.1 Å². The third kappa shape index (κ3) is 2.68. The molecule has 0 aromatic heterocycles. The molecule has 1 atom stereocenters. The predicted molar refractivity (Wildman–Crippen MR) is 68.4 cm³/mol. The summed E-state index contributed by atoms with van der Waals surface area (Å²) in [6.45, 7) is 3.58. The van der Waals surface area contributed by atoms with Gasteiger partial charge in [0, 0.05) is 13.1 Å². The molecule has 1 aromatic carbocycles. The van der Waals surface area contributed by atoms with Gasteiger partial charge in [-0.15, -0.1) is 0 Å². The Hall–Kier alpha value is -0.900. The number of hydrogen-bond acceptors (Lipinski definition) is 1. The van der Waals surface area contributed by atoms with Gasteiger partial charge in [0.1, 0.15) is 5.82 Å². The Balaban J connectivity index is 2.22. The fraction of sp³-hybridized carbons (Fsp3) is 0.462. The SMILES string of the molecule is CC1CCCN(C(=O)c2cccc(Br)c2F)C1. The van der Waals surface area contributed by atoms with Gasteiger partial charge >= 0.3 is 0 Å². The summed E-state index contributed by atoms with van der Waals surface area (Å²) in [6.07, 6.45) is 2.15. The summed E-state index contributed by atoms with van der Waals surface area (Å²) in [6, 6.07) is 4.83. The minimum absolute atomic E-state index is 0.161. The number of hydrogen-bond donors (Lipinski definition) is 0. The highest BCUT2D eigenvalue weighted by molar-refractivity contribution is 9.10. The van der Waals surface area contributed by atoms with Crippen LogP contribution < -0.4 is 0 Å². The van der Waals surface area contributed by atoms with E-state index in [4.69, 9.17) is 0 Å². The molecule has 0 spiro atoms. The zero-order chi connectivity index (χ0) is 12.4. The first-order chi connectivity index (χ1) is 8.09. The second-order valence-corrected chi connectivity index (χ2v) is 5.45. The fourth-order valence-electron chi connectivity index (χ4n) is 2.21. The van der Waals surface area contributed by atoms with E-state index in [0.717, 1.165) is 25.9 Å². The van der Waals surface area contributed by atoms with Crippen molar-refractivity contribution in [1.29, 1.82) is 0 Å². The molecule has 1 amide bonds. The number of rotatable bonds is 1. The summed E-state index contributed by atoms with van der Waals surface area (Å²) >= 11 is 3.10. The quantitative estimate of drug-likeness (QED) is 0.778. The van der Waals surface area contributed by atoms with Crippen molar-refractivity contribution in [3.05, 3.63) is 34.1 Å². The molecule has 4 heteroatoms. The zero-order valence-electron chi connectivity index (χ0n) is 9.75. The second kappa shape index (κ2) is 5.17. The summed E-state index contributed by atoms with van der Waals surface area (Å²) in [5.74, 6) is -0.158. The van der Waals surface area contributed by atoms with Crippen molar-refractivity contribution in [2.45, 2.75) is 19.8 Å². The Labute approximate surface area is 109 Å². The fourth-order valence-corrected chi connectivity index (χ4v) is 2.58. The van der Waals surface area contributed by atoms with Gasteiger partial charge in [-0.25, -0.2) is 4.39 Å². The van der Waals surface area contributed by atoms with Crippen molar-refractivity contribution >= 4 is 21.8 Å². The van der Waals surface area contributed by atoms with Crippen LogP contribution in [0.4, 0.5) is 4.39 Å². The zero-order valence-corrected chi connectivity index (χ0v) is 11.3. The summed E-state index contributed by atoms with van der Waals surface area (Å²) in [5, 5.41) is 0. The Morgan fingerprint density at radius 3 is 3.00 bits per heavy atom. The minimum atomic E-state index is -0.462. The molecule has 1 heterocycles. The highest BCUT2D eigenvalue weighted by Gasteiger charge is 2.24. The molecule has 1 saturated heterocycles. The lowest BCUT2D eigenvalue weighted by molar-refractivity contribution is 0.0678. The first kappa shape index (κ1) is 12.6. The van der Waals surface area contributed by atoms with Crippen molar-refractivity contribution in [1.82, 2.24) is 4.90 Å². The predicted octanol–water partition coefficient (Wildman–Crippen LogP) is 3.46. The molecule has 0 saturated carbocycles. The molecule has 0 aliphatic carbocycles. The van der Waals surface area contributed by atoms with Gasteiger partial charge in [0.25, 0.3) is 5.91 Å². The smallest absolute Gasteiger partial charge is 0.256 e. The molecular weight excluding hydrogens is 285 g/mol. The average Bonchev–Trinajstić information content (AvgIpc) is 2.32. The Kier molecular flexibility index (Phi) is 3.82. The molecule has 0 bridgehead atoms. The number of amides is 1. The van der Waals surface area contributed by atoms with Gasteiger partial charge in [0.2, 0.25) is 0 Å². The minimum Gasteiger partial charge on any atom is -0.338 e. The van der Waals surface area contributed by atoms with Gasteiger partial charge in [-0.1, -0.05) is 13.0 Å². The van der Waals surface area contributed by atoms with E-state index in [9.17, 15) is 9.18 Å². The molecule has 0 radical (unpaired) electrons. The first-order valence-corrected chi connectivity index (χ1v) is 6.62. The second-order valence-electron chi connectivity index (χ2n) is 4.60. The van der Waals surface area contributed by atoms with Crippen LogP contribution in [0.5, 0.6) is 0 Å². The molecule has 1 unspecified atom stereocenters. The topological polar surface area (TPSA) is 20.3 Å². The lowest BCUT2D eigenvalue weighted by atomic mass is 9.99. The number of likely N-dealkylation sites (tertiary alicyclic amines) is 1. The van der Waals surface area contributed by atoms with E-state index in [1.54, 1.807) is 23.1 Å². The molecular formula is C13H15BrFNO. The lowest BCUT2D eigenvalue weighted by Crippen LogP contribution is -2.39. The van der Waals surface area contributed by atoms with Gasteiger partial charge in [0.15, 0.2) is 0 Å². The number of benzene rings is 1. The van der Waals surface area contributed by atoms with Crippen LogP contribution in [-0.4, -0.2) is 23.9 Å². The molecule has 1 aliphatic rings. The van der Waals surface area contributed by atoms with Crippen LogP contribution in [-0.2, 0) is 0 Å². The van der Waals surface area contributed by atoms with Crippen LogP contribution in [0.3, 0.4) is 0 Å². The van der Waals surface area contributed by atoms with E-state index < -0.39 is 5.82 Å². The van der Waals surface area contributed by atoms with E-state index in [0.29, 0.717) is 10.4 Å². The van der Waals surface area contributed by atoms with Crippen LogP contribution in [0.15, 0.2) is 22.7 Å². The molecule has 2 nitrogen and oxygen atoms in total. The monoisotopic (exact) mass is 299 g/mol. The van der Waals surface area contributed by atoms with Crippen molar-refractivity contribution in [3.8, 4) is 0 Å².